The van der Waals surface area contributed by atoms with E-state index in [-0.39, 0.29) is 6.61 Å². The SMILES string of the molecule is Cc1cc2ncc(CNCCCOCCO)cn2n1. The third kappa shape index (κ3) is 4.27. The van der Waals surface area contributed by atoms with Crippen LogP contribution >= 0.6 is 0 Å². The Morgan fingerprint density at radius 2 is 2.32 bits per heavy atom. The van der Waals surface area contributed by atoms with Crippen molar-refractivity contribution in [2.45, 2.75) is 19.9 Å². The summed E-state index contributed by atoms with van der Waals surface area (Å²) in [5.74, 6) is 0. The van der Waals surface area contributed by atoms with E-state index in [4.69, 9.17) is 9.84 Å². The van der Waals surface area contributed by atoms with Gasteiger partial charge in [0.05, 0.1) is 18.9 Å². The number of fused-ring (bicyclic) bond motifs is 1. The van der Waals surface area contributed by atoms with Crippen LogP contribution in [0, 0.1) is 6.92 Å². The van der Waals surface area contributed by atoms with Crippen molar-refractivity contribution in [3.63, 3.8) is 0 Å². The number of aliphatic hydroxyl groups excluding tert-OH is 1. The van der Waals surface area contributed by atoms with E-state index < -0.39 is 0 Å². The van der Waals surface area contributed by atoms with Crippen molar-refractivity contribution in [2.75, 3.05) is 26.4 Å². The molecule has 0 aliphatic rings. The maximum atomic E-state index is 8.55. The highest BCUT2D eigenvalue weighted by Crippen LogP contribution is 2.04. The van der Waals surface area contributed by atoms with Crippen molar-refractivity contribution >= 4 is 5.65 Å². The van der Waals surface area contributed by atoms with Crippen LogP contribution in [-0.4, -0.2) is 46.1 Å². The Morgan fingerprint density at radius 3 is 3.16 bits per heavy atom. The molecule has 0 saturated carbocycles. The van der Waals surface area contributed by atoms with Gasteiger partial charge in [0.2, 0.25) is 0 Å². The number of aryl methyl sites for hydroxylation is 1. The molecule has 0 saturated heterocycles. The summed E-state index contributed by atoms with van der Waals surface area (Å²) >= 11 is 0. The molecular formula is C13H20N4O2. The Bertz CT molecular complexity index is 512. The molecule has 19 heavy (non-hydrogen) atoms. The van der Waals surface area contributed by atoms with Gasteiger partial charge in [0, 0.05) is 37.2 Å². The van der Waals surface area contributed by atoms with Crippen LogP contribution in [0.2, 0.25) is 0 Å². The van der Waals surface area contributed by atoms with Crippen LogP contribution in [0.15, 0.2) is 18.5 Å². The maximum absolute atomic E-state index is 8.55. The summed E-state index contributed by atoms with van der Waals surface area (Å²) < 4.78 is 6.98. The van der Waals surface area contributed by atoms with Crippen molar-refractivity contribution in [3.05, 3.63) is 29.7 Å². The quantitative estimate of drug-likeness (QED) is 0.680. The summed E-state index contributed by atoms with van der Waals surface area (Å²) in [6.45, 7) is 4.77. The summed E-state index contributed by atoms with van der Waals surface area (Å²) in [6.07, 6.45) is 4.78. The molecule has 0 aliphatic carbocycles. The lowest BCUT2D eigenvalue weighted by Gasteiger charge is -2.05. The van der Waals surface area contributed by atoms with Crippen LogP contribution < -0.4 is 5.32 Å². The number of aromatic nitrogens is 3. The van der Waals surface area contributed by atoms with E-state index in [1.54, 1.807) is 4.52 Å². The molecule has 0 amide bonds. The zero-order chi connectivity index (χ0) is 13.5. The minimum atomic E-state index is 0.0857. The Labute approximate surface area is 112 Å². The van der Waals surface area contributed by atoms with Gasteiger partial charge in [0.25, 0.3) is 0 Å². The molecule has 104 valence electrons. The van der Waals surface area contributed by atoms with E-state index >= 15 is 0 Å². The summed E-state index contributed by atoms with van der Waals surface area (Å²) in [4.78, 5) is 4.35. The van der Waals surface area contributed by atoms with Gasteiger partial charge in [-0.25, -0.2) is 9.50 Å². The summed E-state index contributed by atoms with van der Waals surface area (Å²) in [5, 5.41) is 16.2. The number of nitrogens with one attached hydrogen (secondary N) is 1. The monoisotopic (exact) mass is 264 g/mol. The van der Waals surface area contributed by atoms with Crippen molar-refractivity contribution in [1.29, 1.82) is 0 Å². The van der Waals surface area contributed by atoms with Gasteiger partial charge < -0.3 is 15.2 Å². The third-order valence-electron chi connectivity index (χ3n) is 2.70. The molecule has 6 nitrogen and oxygen atoms in total. The van der Waals surface area contributed by atoms with Gasteiger partial charge in [-0.05, 0) is 19.9 Å². The van der Waals surface area contributed by atoms with Gasteiger partial charge in [0.15, 0.2) is 5.65 Å². The van der Waals surface area contributed by atoms with Crippen molar-refractivity contribution in [1.82, 2.24) is 19.9 Å². The molecule has 0 atom stereocenters. The number of ether oxygens (including phenoxy) is 1. The third-order valence-corrected chi connectivity index (χ3v) is 2.70. The van der Waals surface area contributed by atoms with Gasteiger partial charge in [-0.3, -0.25) is 0 Å². The molecule has 2 heterocycles. The van der Waals surface area contributed by atoms with Crippen molar-refractivity contribution < 1.29 is 9.84 Å². The van der Waals surface area contributed by atoms with Crippen LogP contribution in [-0.2, 0) is 11.3 Å². The summed E-state index contributed by atoms with van der Waals surface area (Å²) in [7, 11) is 0. The standard InChI is InChI=1S/C13H20N4O2/c1-11-7-13-15-9-12(10-17(13)16-11)8-14-3-2-5-19-6-4-18/h7,9-10,14,18H,2-6,8H2,1H3. The predicted octanol–water partition coefficient (Wildman–Crippen LogP) is 0.526. The largest absolute Gasteiger partial charge is 0.394 e. The fourth-order valence-electron chi connectivity index (χ4n) is 1.82. The normalized spacial score (nSPS) is 11.3. The molecule has 0 fully saturated rings. The average Bonchev–Trinajstić information content (AvgIpc) is 2.77. The Morgan fingerprint density at radius 1 is 1.42 bits per heavy atom. The molecule has 2 N–H and O–H groups in total. The second-order valence-corrected chi connectivity index (χ2v) is 4.42. The van der Waals surface area contributed by atoms with Crippen LogP contribution in [0.4, 0.5) is 0 Å². The minimum Gasteiger partial charge on any atom is -0.394 e. The topological polar surface area (TPSA) is 71.7 Å². The summed E-state index contributed by atoms with van der Waals surface area (Å²) in [6, 6.07) is 1.95. The van der Waals surface area contributed by atoms with E-state index in [0.29, 0.717) is 13.2 Å². The van der Waals surface area contributed by atoms with Crippen LogP contribution in [0.3, 0.4) is 0 Å². The molecule has 2 aromatic rings. The molecule has 0 aliphatic heterocycles. The fraction of sp³-hybridized carbons (Fsp3) is 0.538. The van der Waals surface area contributed by atoms with Crippen molar-refractivity contribution in [2.24, 2.45) is 0 Å². The van der Waals surface area contributed by atoms with Gasteiger partial charge in [-0.15, -0.1) is 0 Å². The van der Waals surface area contributed by atoms with Gasteiger partial charge in [-0.2, -0.15) is 5.10 Å². The Hall–Kier alpha value is -1.50. The first kappa shape index (κ1) is 13.9. The highest BCUT2D eigenvalue weighted by atomic mass is 16.5. The van der Waals surface area contributed by atoms with E-state index in [0.717, 1.165) is 36.4 Å². The van der Waals surface area contributed by atoms with E-state index in [1.807, 2.05) is 25.4 Å². The molecule has 0 aromatic carbocycles. The first-order valence-electron chi connectivity index (χ1n) is 6.50. The first-order valence-corrected chi connectivity index (χ1v) is 6.50. The van der Waals surface area contributed by atoms with Crippen LogP contribution in [0.25, 0.3) is 5.65 Å². The highest BCUT2D eigenvalue weighted by molar-refractivity contribution is 5.38. The van der Waals surface area contributed by atoms with Gasteiger partial charge in [0.1, 0.15) is 0 Å². The molecule has 0 radical (unpaired) electrons. The zero-order valence-corrected chi connectivity index (χ0v) is 11.2. The van der Waals surface area contributed by atoms with Gasteiger partial charge >= 0.3 is 0 Å². The van der Waals surface area contributed by atoms with E-state index in [9.17, 15) is 0 Å². The van der Waals surface area contributed by atoms with Crippen LogP contribution in [0.1, 0.15) is 17.7 Å². The number of aliphatic hydroxyl groups is 1. The molecular weight excluding hydrogens is 244 g/mol. The molecule has 2 rings (SSSR count). The molecule has 0 bridgehead atoms. The highest BCUT2D eigenvalue weighted by Gasteiger charge is 2.00. The zero-order valence-electron chi connectivity index (χ0n) is 11.2. The average molecular weight is 264 g/mol. The lowest BCUT2D eigenvalue weighted by molar-refractivity contribution is 0.0907. The Balaban J connectivity index is 1.72. The minimum absolute atomic E-state index is 0.0857. The smallest absolute Gasteiger partial charge is 0.155 e. The van der Waals surface area contributed by atoms with Crippen molar-refractivity contribution in [3.8, 4) is 0 Å². The predicted molar refractivity (Wildman–Crippen MR) is 72.0 cm³/mol. The number of rotatable bonds is 8. The lowest BCUT2D eigenvalue weighted by Crippen LogP contribution is -2.17. The Kier molecular flexibility index (Phi) is 5.26. The second kappa shape index (κ2) is 7.18. The summed E-state index contributed by atoms with van der Waals surface area (Å²) in [5.41, 5.74) is 2.95. The van der Waals surface area contributed by atoms with E-state index in [1.165, 1.54) is 0 Å². The number of hydrogen-bond acceptors (Lipinski definition) is 5. The maximum Gasteiger partial charge on any atom is 0.155 e. The molecule has 6 heteroatoms. The lowest BCUT2D eigenvalue weighted by atomic mass is 10.3. The number of nitrogens with zero attached hydrogens (tertiary/aromatic N) is 3. The second-order valence-electron chi connectivity index (χ2n) is 4.42. The van der Waals surface area contributed by atoms with Crippen LogP contribution in [0.5, 0.6) is 0 Å². The molecule has 0 unspecified atom stereocenters. The first-order chi connectivity index (χ1) is 9.29. The molecule has 0 spiro atoms. The fourth-order valence-corrected chi connectivity index (χ4v) is 1.82. The van der Waals surface area contributed by atoms with E-state index in [2.05, 4.69) is 15.4 Å². The molecule has 2 aromatic heterocycles. The number of hydrogen-bond donors (Lipinski definition) is 2. The van der Waals surface area contributed by atoms with Gasteiger partial charge in [-0.1, -0.05) is 0 Å².